The molecule has 4 nitrogen and oxygen atoms in total. The SMILES string of the molecule is Cc1ccc(C(=O)O)cc1-c1cc2ccccc2oc1=O. The highest BCUT2D eigenvalue weighted by atomic mass is 16.4. The summed E-state index contributed by atoms with van der Waals surface area (Å²) >= 11 is 0. The average molecular weight is 280 g/mol. The fourth-order valence-electron chi connectivity index (χ4n) is 2.29. The molecule has 2 aromatic carbocycles. The highest BCUT2D eigenvalue weighted by Crippen LogP contribution is 2.25. The van der Waals surface area contributed by atoms with Gasteiger partial charge < -0.3 is 9.52 Å². The molecule has 0 radical (unpaired) electrons. The van der Waals surface area contributed by atoms with E-state index >= 15 is 0 Å². The molecule has 0 unspecified atom stereocenters. The standard InChI is InChI=1S/C17H12O4/c1-10-6-7-12(16(18)19)9-13(10)14-8-11-4-2-3-5-15(11)21-17(14)20/h2-9H,1H3,(H,18,19). The number of rotatable bonds is 2. The van der Waals surface area contributed by atoms with Crippen LogP contribution in [0, 0.1) is 6.92 Å². The number of carboxylic acid groups (broad SMARTS) is 1. The van der Waals surface area contributed by atoms with Crippen LogP contribution in [-0.2, 0) is 0 Å². The first-order valence-corrected chi connectivity index (χ1v) is 6.43. The summed E-state index contributed by atoms with van der Waals surface area (Å²) in [6.07, 6.45) is 0. The highest BCUT2D eigenvalue weighted by molar-refractivity contribution is 5.90. The lowest BCUT2D eigenvalue weighted by Gasteiger charge is -2.07. The van der Waals surface area contributed by atoms with Crippen molar-refractivity contribution in [2.24, 2.45) is 0 Å². The molecular formula is C17H12O4. The maximum Gasteiger partial charge on any atom is 0.344 e. The van der Waals surface area contributed by atoms with Gasteiger partial charge in [-0.3, -0.25) is 0 Å². The van der Waals surface area contributed by atoms with Gasteiger partial charge in [0.05, 0.1) is 11.1 Å². The van der Waals surface area contributed by atoms with Crippen molar-refractivity contribution in [3.8, 4) is 11.1 Å². The molecule has 0 fully saturated rings. The van der Waals surface area contributed by atoms with Gasteiger partial charge in [0.1, 0.15) is 5.58 Å². The topological polar surface area (TPSA) is 67.5 Å². The van der Waals surface area contributed by atoms with Gasteiger partial charge in [0.15, 0.2) is 0 Å². The molecule has 0 aliphatic heterocycles. The molecule has 0 saturated heterocycles. The zero-order valence-corrected chi connectivity index (χ0v) is 11.3. The molecule has 3 rings (SSSR count). The molecule has 1 heterocycles. The van der Waals surface area contributed by atoms with E-state index in [2.05, 4.69) is 0 Å². The lowest BCUT2D eigenvalue weighted by molar-refractivity contribution is 0.0697. The van der Waals surface area contributed by atoms with Gasteiger partial charge in [-0.15, -0.1) is 0 Å². The first-order valence-electron chi connectivity index (χ1n) is 6.43. The summed E-state index contributed by atoms with van der Waals surface area (Å²) < 4.78 is 5.30. The summed E-state index contributed by atoms with van der Waals surface area (Å²) in [5, 5.41) is 9.88. The molecule has 0 saturated carbocycles. The van der Waals surface area contributed by atoms with E-state index < -0.39 is 11.6 Å². The average Bonchev–Trinajstić information content (AvgIpc) is 2.47. The van der Waals surface area contributed by atoms with Crippen LogP contribution in [0.3, 0.4) is 0 Å². The second kappa shape index (κ2) is 4.90. The Bertz CT molecular complexity index is 906. The van der Waals surface area contributed by atoms with Crippen molar-refractivity contribution in [1.29, 1.82) is 0 Å². The maximum atomic E-state index is 12.2. The Morgan fingerprint density at radius 2 is 1.81 bits per heavy atom. The molecular weight excluding hydrogens is 268 g/mol. The van der Waals surface area contributed by atoms with Gasteiger partial charge in [-0.05, 0) is 42.3 Å². The van der Waals surface area contributed by atoms with Crippen molar-refractivity contribution in [1.82, 2.24) is 0 Å². The molecule has 0 aliphatic carbocycles. The summed E-state index contributed by atoms with van der Waals surface area (Å²) in [5.74, 6) is -1.03. The predicted molar refractivity (Wildman–Crippen MR) is 79.6 cm³/mol. The lowest BCUT2D eigenvalue weighted by Crippen LogP contribution is -2.05. The van der Waals surface area contributed by atoms with Crippen molar-refractivity contribution < 1.29 is 14.3 Å². The van der Waals surface area contributed by atoms with E-state index in [4.69, 9.17) is 9.52 Å². The number of carbonyl (C=O) groups is 1. The van der Waals surface area contributed by atoms with Crippen LogP contribution in [-0.4, -0.2) is 11.1 Å². The summed E-state index contributed by atoms with van der Waals surface area (Å²) in [6.45, 7) is 1.83. The van der Waals surface area contributed by atoms with Crippen LogP contribution >= 0.6 is 0 Å². The Hall–Kier alpha value is -2.88. The van der Waals surface area contributed by atoms with Gasteiger partial charge in [0, 0.05) is 5.39 Å². The Labute approximate surface area is 120 Å². The number of hydrogen-bond donors (Lipinski definition) is 1. The fourth-order valence-corrected chi connectivity index (χ4v) is 2.29. The van der Waals surface area contributed by atoms with Crippen molar-refractivity contribution in [3.63, 3.8) is 0 Å². The maximum absolute atomic E-state index is 12.2. The Morgan fingerprint density at radius 1 is 1.05 bits per heavy atom. The molecule has 0 amide bonds. The Morgan fingerprint density at radius 3 is 2.57 bits per heavy atom. The number of aryl methyl sites for hydroxylation is 1. The number of hydrogen-bond acceptors (Lipinski definition) is 3. The zero-order chi connectivity index (χ0) is 15.0. The van der Waals surface area contributed by atoms with E-state index in [0.29, 0.717) is 16.7 Å². The Balaban J connectivity index is 2.29. The minimum absolute atomic E-state index is 0.142. The molecule has 21 heavy (non-hydrogen) atoms. The smallest absolute Gasteiger partial charge is 0.344 e. The second-order valence-corrected chi connectivity index (χ2v) is 4.82. The van der Waals surface area contributed by atoms with Crippen molar-refractivity contribution in [2.45, 2.75) is 6.92 Å². The van der Waals surface area contributed by atoms with Crippen molar-refractivity contribution in [3.05, 3.63) is 70.1 Å². The van der Waals surface area contributed by atoms with E-state index in [1.54, 1.807) is 24.3 Å². The van der Waals surface area contributed by atoms with Crippen LogP contribution in [0.25, 0.3) is 22.1 Å². The third kappa shape index (κ3) is 2.31. The van der Waals surface area contributed by atoms with Crippen LogP contribution < -0.4 is 5.63 Å². The van der Waals surface area contributed by atoms with Gasteiger partial charge >= 0.3 is 11.6 Å². The molecule has 104 valence electrons. The second-order valence-electron chi connectivity index (χ2n) is 4.82. The largest absolute Gasteiger partial charge is 0.478 e. The molecule has 3 aromatic rings. The van der Waals surface area contributed by atoms with Gasteiger partial charge in [-0.25, -0.2) is 9.59 Å². The van der Waals surface area contributed by atoms with Gasteiger partial charge in [-0.2, -0.15) is 0 Å². The van der Waals surface area contributed by atoms with Crippen molar-refractivity contribution >= 4 is 16.9 Å². The quantitative estimate of drug-likeness (QED) is 0.730. The van der Waals surface area contributed by atoms with Crippen molar-refractivity contribution in [2.75, 3.05) is 0 Å². The fraction of sp³-hybridized carbons (Fsp3) is 0.0588. The van der Waals surface area contributed by atoms with E-state index in [0.717, 1.165) is 10.9 Å². The first-order chi connectivity index (χ1) is 10.1. The zero-order valence-electron chi connectivity index (χ0n) is 11.3. The molecule has 0 aliphatic rings. The minimum Gasteiger partial charge on any atom is -0.478 e. The highest BCUT2D eigenvalue weighted by Gasteiger charge is 2.12. The summed E-state index contributed by atoms with van der Waals surface area (Å²) in [5.41, 5.74) is 1.95. The third-order valence-electron chi connectivity index (χ3n) is 3.42. The van der Waals surface area contributed by atoms with Gasteiger partial charge in [-0.1, -0.05) is 24.3 Å². The van der Waals surface area contributed by atoms with Crippen LogP contribution in [0.4, 0.5) is 0 Å². The number of aromatic carboxylic acids is 1. The molecule has 0 atom stereocenters. The van der Waals surface area contributed by atoms with Crippen LogP contribution in [0.15, 0.2) is 57.7 Å². The predicted octanol–water partition coefficient (Wildman–Crippen LogP) is 3.47. The van der Waals surface area contributed by atoms with Gasteiger partial charge in [0.25, 0.3) is 0 Å². The normalized spacial score (nSPS) is 10.7. The number of fused-ring (bicyclic) bond motifs is 1. The monoisotopic (exact) mass is 280 g/mol. The van der Waals surface area contributed by atoms with Crippen LogP contribution in [0.2, 0.25) is 0 Å². The summed E-state index contributed by atoms with van der Waals surface area (Å²) in [6, 6.07) is 13.7. The van der Waals surface area contributed by atoms with Crippen LogP contribution in [0.1, 0.15) is 15.9 Å². The number of benzene rings is 2. The molecule has 1 N–H and O–H groups in total. The van der Waals surface area contributed by atoms with E-state index in [1.807, 2.05) is 19.1 Å². The molecule has 0 spiro atoms. The summed E-state index contributed by atoms with van der Waals surface area (Å²) in [4.78, 5) is 23.2. The first kappa shape index (κ1) is 13.1. The van der Waals surface area contributed by atoms with E-state index in [-0.39, 0.29) is 5.56 Å². The Kier molecular flexibility index (Phi) is 3.06. The minimum atomic E-state index is -1.03. The van der Waals surface area contributed by atoms with Gasteiger partial charge in [0.2, 0.25) is 0 Å². The van der Waals surface area contributed by atoms with E-state index in [1.165, 1.54) is 12.1 Å². The lowest BCUT2D eigenvalue weighted by atomic mass is 9.98. The molecule has 1 aromatic heterocycles. The summed E-state index contributed by atoms with van der Waals surface area (Å²) in [7, 11) is 0. The van der Waals surface area contributed by atoms with Crippen LogP contribution in [0.5, 0.6) is 0 Å². The number of carboxylic acids is 1. The van der Waals surface area contributed by atoms with E-state index in [9.17, 15) is 9.59 Å². The molecule has 0 bridgehead atoms. The molecule has 4 heteroatoms. The number of para-hydroxylation sites is 1. The third-order valence-corrected chi connectivity index (χ3v) is 3.42.